The molecule has 0 aliphatic rings. The van der Waals surface area contributed by atoms with Crippen LogP contribution in [-0.2, 0) is 0 Å². The van der Waals surface area contributed by atoms with Crippen molar-refractivity contribution in [3.05, 3.63) is 0 Å². The van der Waals surface area contributed by atoms with Gasteiger partial charge in [0.05, 0.1) is 6.10 Å². The van der Waals surface area contributed by atoms with E-state index in [1.165, 1.54) is 84.1 Å². The van der Waals surface area contributed by atoms with E-state index >= 15 is 0 Å². The minimum Gasteiger partial charge on any atom is -0.396 e. The molecule has 24 heavy (non-hydrogen) atoms. The molecule has 0 fully saturated rings. The van der Waals surface area contributed by atoms with Crippen molar-refractivity contribution in [1.82, 2.24) is 0 Å². The average Bonchev–Trinajstić information content (AvgIpc) is 2.62. The number of hydrogen-bond donors (Lipinski definition) is 3. The summed E-state index contributed by atoms with van der Waals surface area (Å²) in [6, 6.07) is 0. The second-order valence-corrected chi connectivity index (χ2v) is 6.20. The summed E-state index contributed by atoms with van der Waals surface area (Å²) < 4.78 is 0. The molecule has 4 N–H and O–H groups in total. The molecule has 0 bridgehead atoms. The summed E-state index contributed by atoms with van der Waals surface area (Å²) in [6.45, 7) is 6.38. The third-order valence-electron chi connectivity index (χ3n) is 4.10. The summed E-state index contributed by atoms with van der Waals surface area (Å²) in [5.74, 6) is 0. The van der Waals surface area contributed by atoms with Gasteiger partial charge in [-0.05, 0) is 19.9 Å². The second kappa shape index (κ2) is 30.7. The molecule has 0 radical (unpaired) electrons. The number of hydrogen-bond acceptors (Lipinski definition) is 3. The minimum absolute atomic E-state index is 0.111. The monoisotopic (exact) mass is 347 g/mol. The van der Waals surface area contributed by atoms with Crippen LogP contribution < -0.4 is 5.73 Å². The van der Waals surface area contributed by atoms with Gasteiger partial charge in [-0.15, -0.1) is 0 Å². The molecule has 0 saturated heterocycles. The molecule has 0 aromatic rings. The van der Waals surface area contributed by atoms with Gasteiger partial charge in [-0.3, -0.25) is 0 Å². The Labute approximate surface area is 153 Å². The van der Waals surface area contributed by atoms with Crippen molar-refractivity contribution in [3.63, 3.8) is 0 Å². The van der Waals surface area contributed by atoms with E-state index in [0.29, 0.717) is 6.42 Å². The van der Waals surface area contributed by atoms with Gasteiger partial charge >= 0.3 is 0 Å². The van der Waals surface area contributed by atoms with E-state index in [1.807, 2.05) is 13.8 Å². The maximum Gasteiger partial charge on any atom is 0.0562 e. The zero-order valence-corrected chi connectivity index (χ0v) is 17.4. The van der Waals surface area contributed by atoms with Gasteiger partial charge in [0.1, 0.15) is 0 Å². The van der Waals surface area contributed by atoms with Crippen LogP contribution in [0.4, 0.5) is 0 Å². The summed E-state index contributed by atoms with van der Waals surface area (Å²) in [5, 5.41) is 18.1. The average molecular weight is 348 g/mol. The van der Waals surface area contributed by atoms with Gasteiger partial charge in [0.2, 0.25) is 0 Å². The van der Waals surface area contributed by atoms with Crippen molar-refractivity contribution < 1.29 is 10.2 Å². The van der Waals surface area contributed by atoms with Gasteiger partial charge in [0.15, 0.2) is 0 Å². The highest BCUT2D eigenvalue weighted by atomic mass is 16.3. The molecule has 0 heterocycles. The SMILES string of the molecule is CC.CCCCCCCCCCCCCCC[C@@H](O)CCO.CN. The van der Waals surface area contributed by atoms with Crippen molar-refractivity contribution in [1.29, 1.82) is 0 Å². The predicted octanol–water partition coefficient (Wildman–Crippen LogP) is 5.81. The van der Waals surface area contributed by atoms with E-state index in [1.54, 1.807) is 0 Å². The summed E-state index contributed by atoms with van der Waals surface area (Å²) in [6.07, 6.45) is 18.8. The Morgan fingerprint density at radius 2 is 0.958 bits per heavy atom. The van der Waals surface area contributed by atoms with Crippen LogP contribution in [0.15, 0.2) is 0 Å². The van der Waals surface area contributed by atoms with Gasteiger partial charge < -0.3 is 15.9 Å². The molecule has 0 rings (SSSR count). The van der Waals surface area contributed by atoms with Crippen molar-refractivity contribution >= 4 is 0 Å². The van der Waals surface area contributed by atoms with Crippen molar-refractivity contribution in [2.24, 2.45) is 5.73 Å². The summed E-state index contributed by atoms with van der Waals surface area (Å²) in [7, 11) is 1.50. The number of aliphatic hydroxyl groups is 2. The molecule has 3 nitrogen and oxygen atoms in total. The lowest BCUT2D eigenvalue weighted by Crippen LogP contribution is -2.08. The highest BCUT2D eigenvalue weighted by Crippen LogP contribution is 2.13. The van der Waals surface area contributed by atoms with Crippen LogP contribution in [0.1, 0.15) is 117 Å². The number of rotatable bonds is 16. The largest absolute Gasteiger partial charge is 0.396 e. The normalized spacial score (nSPS) is 11.1. The fourth-order valence-corrected chi connectivity index (χ4v) is 2.69. The van der Waals surface area contributed by atoms with E-state index in [9.17, 15) is 5.11 Å². The van der Waals surface area contributed by atoms with E-state index in [-0.39, 0.29) is 12.7 Å². The molecule has 0 aliphatic carbocycles. The van der Waals surface area contributed by atoms with Crippen molar-refractivity contribution in [2.75, 3.05) is 13.7 Å². The fourth-order valence-electron chi connectivity index (χ4n) is 2.69. The number of aliphatic hydroxyl groups excluding tert-OH is 2. The molecular weight excluding hydrogens is 298 g/mol. The maximum atomic E-state index is 9.47. The predicted molar refractivity (Wildman–Crippen MR) is 109 cm³/mol. The van der Waals surface area contributed by atoms with Crippen molar-refractivity contribution in [2.45, 2.75) is 123 Å². The van der Waals surface area contributed by atoms with Crippen LogP contribution in [0.5, 0.6) is 0 Å². The summed E-state index contributed by atoms with van der Waals surface area (Å²) in [4.78, 5) is 0. The molecule has 0 unspecified atom stereocenters. The first-order valence-corrected chi connectivity index (χ1v) is 10.7. The van der Waals surface area contributed by atoms with E-state index < -0.39 is 0 Å². The van der Waals surface area contributed by atoms with Crippen LogP contribution >= 0.6 is 0 Å². The minimum atomic E-state index is -0.285. The second-order valence-electron chi connectivity index (χ2n) is 6.20. The first-order chi connectivity index (χ1) is 11.8. The highest BCUT2D eigenvalue weighted by Gasteiger charge is 2.02. The third-order valence-corrected chi connectivity index (χ3v) is 4.10. The molecular formula is C21H49NO2. The third kappa shape index (κ3) is 29.8. The number of nitrogens with two attached hydrogens (primary N) is 1. The lowest BCUT2D eigenvalue weighted by atomic mass is 10.0. The zero-order chi connectivity index (χ0) is 18.9. The van der Waals surface area contributed by atoms with Gasteiger partial charge in [0.25, 0.3) is 0 Å². The topological polar surface area (TPSA) is 66.5 Å². The molecule has 0 aromatic carbocycles. The lowest BCUT2D eigenvalue weighted by molar-refractivity contribution is 0.122. The quantitative estimate of drug-likeness (QED) is 0.308. The van der Waals surface area contributed by atoms with Crippen LogP contribution in [0, 0.1) is 0 Å². The maximum absolute atomic E-state index is 9.47. The zero-order valence-electron chi connectivity index (χ0n) is 17.4. The molecule has 1 atom stereocenters. The standard InChI is InChI=1S/C18H38O2.C2H6.CH5N/c1-2-3-4-5-6-7-8-9-10-11-12-13-14-15-18(20)16-17-19;2*1-2/h18-20H,2-17H2,1H3;1-2H3;2H2,1H3/t18-;;/m1../s1. The Kier molecular flexibility index (Phi) is 36.7. The van der Waals surface area contributed by atoms with Crippen LogP contribution in [0.25, 0.3) is 0 Å². The summed E-state index contributed by atoms with van der Waals surface area (Å²) in [5.41, 5.74) is 4.50. The Balaban J connectivity index is -0.00000102. The van der Waals surface area contributed by atoms with Crippen LogP contribution in [-0.4, -0.2) is 30.0 Å². The highest BCUT2D eigenvalue weighted by molar-refractivity contribution is 4.55. The lowest BCUT2D eigenvalue weighted by Gasteiger charge is -2.08. The smallest absolute Gasteiger partial charge is 0.0562 e. The molecule has 0 aromatic heterocycles. The first kappa shape index (κ1) is 28.7. The molecule has 0 amide bonds. The summed E-state index contributed by atoms with van der Waals surface area (Å²) >= 11 is 0. The molecule has 0 spiro atoms. The Bertz CT molecular complexity index is 177. The van der Waals surface area contributed by atoms with Gasteiger partial charge in [-0.25, -0.2) is 0 Å². The Hall–Kier alpha value is -0.120. The van der Waals surface area contributed by atoms with Gasteiger partial charge in [0, 0.05) is 6.61 Å². The molecule has 150 valence electrons. The van der Waals surface area contributed by atoms with E-state index in [2.05, 4.69) is 12.7 Å². The molecule has 0 saturated carbocycles. The molecule has 3 heteroatoms. The van der Waals surface area contributed by atoms with Gasteiger partial charge in [-0.1, -0.05) is 104 Å². The first-order valence-electron chi connectivity index (χ1n) is 10.7. The van der Waals surface area contributed by atoms with Crippen LogP contribution in [0.3, 0.4) is 0 Å². The van der Waals surface area contributed by atoms with E-state index in [4.69, 9.17) is 5.11 Å². The Morgan fingerprint density at radius 1 is 0.625 bits per heavy atom. The van der Waals surface area contributed by atoms with Crippen LogP contribution in [0.2, 0.25) is 0 Å². The van der Waals surface area contributed by atoms with Crippen molar-refractivity contribution in [3.8, 4) is 0 Å². The number of unbranched alkanes of at least 4 members (excludes halogenated alkanes) is 12. The molecule has 0 aliphatic heterocycles. The van der Waals surface area contributed by atoms with E-state index in [0.717, 1.165) is 12.8 Å². The Morgan fingerprint density at radius 3 is 1.29 bits per heavy atom. The fraction of sp³-hybridized carbons (Fsp3) is 1.00. The van der Waals surface area contributed by atoms with Gasteiger partial charge in [-0.2, -0.15) is 0 Å².